The lowest BCUT2D eigenvalue weighted by Crippen LogP contribution is -1.71. The second kappa shape index (κ2) is 2.35. The predicted octanol–water partition coefficient (Wildman–Crippen LogP) is 2.01. The quantitative estimate of drug-likeness (QED) is 0.589. The molecule has 2 aromatic rings. The first-order chi connectivity index (χ1) is 5.79. The summed E-state index contributed by atoms with van der Waals surface area (Å²) in [6, 6.07) is 7.50. The predicted molar refractivity (Wildman–Crippen MR) is 43.5 cm³/mol. The van der Waals surface area contributed by atoms with Gasteiger partial charge in [0, 0.05) is 0 Å². The van der Waals surface area contributed by atoms with Gasteiger partial charge in [0.2, 0.25) is 0 Å². The van der Waals surface area contributed by atoms with Crippen molar-refractivity contribution < 1.29 is 4.42 Å². The lowest BCUT2D eigenvalue weighted by Gasteiger charge is -1.87. The zero-order chi connectivity index (χ0) is 8.55. The fourth-order valence-electron chi connectivity index (χ4n) is 1.08. The van der Waals surface area contributed by atoms with E-state index in [0.717, 1.165) is 11.1 Å². The van der Waals surface area contributed by atoms with Crippen molar-refractivity contribution in [1.82, 2.24) is 4.98 Å². The molecule has 3 nitrogen and oxygen atoms in total. The van der Waals surface area contributed by atoms with E-state index in [4.69, 9.17) is 9.68 Å². The number of benzene rings is 1. The SMILES string of the molecule is Cc1ccc2nc(C#N)oc2c1. The van der Waals surface area contributed by atoms with Crippen LogP contribution in [0.3, 0.4) is 0 Å². The Morgan fingerprint density at radius 1 is 1.50 bits per heavy atom. The number of rotatable bonds is 0. The molecule has 1 aromatic carbocycles. The van der Waals surface area contributed by atoms with Crippen LogP contribution in [0.2, 0.25) is 0 Å². The molecule has 0 saturated heterocycles. The van der Waals surface area contributed by atoms with Crippen LogP contribution in [0, 0.1) is 18.3 Å². The highest BCUT2D eigenvalue weighted by Crippen LogP contribution is 2.15. The number of nitrogens with zero attached hydrogens (tertiary/aromatic N) is 2. The summed E-state index contributed by atoms with van der Waals surface area (Å²) in [6.07, 6.45) is 0. The molecular weight excluding hydrogens is 152 g/mol. The third kappa shape index (κ3) is 0.940. The van der Waals surface area contributed by atoms with E-state index in [1.165, 1.54) is 0 Å². The van der Waals surface area contributed by atoms with Crippen LogP contribution >= 0.6 is 0 Å². The summed E-state index contributed by atoms with van der Waals surface area (Å²) in [4.78, 5) is 3.94. The molecule has 0 aliphatic heterocycles. The third-order valence-corrected chi connectivity index (χ3v) is 1.64. The first-order valence-corrected chi connectivity index (χ1v) is 3.57. The van der Waals surface area contributed by atoms with Crippen molar-refractivity contribution in [3.8, 4) is 6.07 Å². The average molecular weight is 158 g/mol. The fourth-order valence-corrected chi connectivity index (χ4v) is 1.08. The van der Waals surface area contributed by atoms with E-state index in [2.05, 4.69) is 4.98 Å². The number of fused-ring (bicyclic) bond motifs is 1. The van der Waals surface area contributed by atoms with Gasteiger partial charge in [0.15, 0.2) is 11.7 Å². The van der Waals surface area contributed by atoms with Gasteiger partial charge in [0.25, 0.3) is 0 Å². The van der Waals surface area contributed by atoms with Crippen molar-refractivity contribution in [3.05, 3.63) is 29.7 Å². The first-order valence-electron chi connectivity index (χ1n) is 3.57. The minimum absolute atomic E-state index is 0.121. The van der Waals surface area contributed by atoms with Crippen molar-refractivity contribution in [2.75, 3.05) is 0 Å². The summed E-state index contributed by atoms with van der Waals surface area (Å²) in [5.41, 5.74) is 2.51. The van der Waals surface area contributed by atoms with E-state index < -0.39 is 0 Å². The van der Waals surface area contributed by atoms with Gasteiger partial charge in [-0.25, -0.2) is 0 Å². The van der Waals surface area contributed by atoms with Crippen LogP contribution < -0.4 is 0 Å². The Morgan fingerprint density at radius 3 is 3.08 bits per heavy atom. The molecule has 0 unspecified atom stereocenters. The van der Waals surface area contributed by atoms with Crippen molar-refractivity contribution >= 4 is 11.1 Å². The van der Waals surface area contributed by atoms with Gasteiger partial charge in [-0.05, 0) is 24.6 Å². The Kier molecular flexibility index (Phi) is 1.34. The van der Waals surface area contributed by atoms with Gasteiger partial charge in [-0.2, -0.15) is 10.2 Å². The van der Waals surface area contributed by atoms with Gasteiger partial charge in [0.1, 0.15) is 5.52 Å². The third-order valence-electron chi connectivity index (χ3n) is 1.64. The molecule has 3 heteroatoms. The second-order valence-corrected chi connectivity index (χ2v) is 2.60. The molecule has 0 spiro atoms. The maximum atomic E-state index is 8.50. The Labute approximate surface area is 69.2 Å². The van der Waals surface area contributed by atoms with E-state index >= 15 is 0 Å². The smallest absolute Gasteiger partial charge is 0.301 e. The van der Waals surface area contributed by atoms with Gasteiger partial charge >= 0.3 is 5.89 Å². The molecule has 1 aromatic heterocycles. The molecule has 0 fully saturated rings. The number of aromatic nitrogens is 1. The van der Waals surface area contributed by atoms with E-state index in [0.29, 0.717) is 5.58 Å². The molecule has 0 saturated carbocycles. The standard InChI is InChI=1S/C9H6N2O/c1-6-2-3-7-8(4-6)12-9(5-10)11-7/h2-4H,1H3. The fraction of sp³-hybridized carbons (Fsp3) is 0.111. The van der Waals surface area contributed by atoms with Gasteiger partial charge in [-0.1, -0.05) is 6.07 Å². The average Bonchev–Trinajstić information content (AvgIpc) is 2.46. The Morgan fingerprint density at radius 2 is 2.33 bits per heavy atom. The van der Waals surface area contributed by atoms with Crippen molar-refractivity contribution in [3.63, 3.8) is 0 Å². The van der Waals surface area contributed by atoms with Crippen molar-refractivity contribution in [2.24, 2.45) is 0 Å². The molecule has 0 aliphatic carbocycles. The van der Waals surface area contributed by atoms with Crippen LogP contribution in [0.5, 0.6) is 0 Å². The van der Waals surface area contributed by atoms with Crippen LogP contribution in [-0.4, -0.2) is 4.98 Å². The van der Waals surface area contributed by atoms with E-state index in [1.807, 2.05) is 31.2 Å². The minimum Gasteiger partial charge on any atom is -0.428 e. The molecule has 0 radical (unpaired) electrons. The number of hydrogen-bond acceptors (Lipinski definition) is 3. The monoisotopic (exact) mass is 158 g/mol. The normalized spacial score (nSPS) is 10.0. The summed E-state index contributed by atoms with van der Waals surface area (Å²) >= 11 is 0. The molecule has 0 atom stereocenters. The molecule has 0 bridgehead atoms. The minimum atomic E-state index is 0.121. The summed E-state index contributed by atoms with van der Waals surface area (Å²) in [5.74, 6) is 0.121. The number of aryl methyl sites for hydroxylation is 1. The van der Waals surface area contributed by atoms with E-state index in [-0.39, 0.29) is 5.89 Å². The molecule has 12 heavy (non-hydrogen) atoms. The maximum absolute atomic E-state index is 8.50. The number of nitriles is 1. The topological polar surface area (TPSA) is 49.8 Å². The zero-order valence-electron chi connectivity index (χ0n) is 6.53. The molecule has 1 heterocycles. The van der Waals surface area contributed by atoms with Crippen molar-refractivity contribution in [2.45, 2.75) is 6.92 Å². The van der Waals surface area contributed by atoms with Crippen LogP contribution in [-0.2, 0) is 0 Å². The van der Waals surface area contributed by atoms with Crippen LogP contribution in [0.4, 0.5) is 0 Å². The summed E-state index contributed by atoms with van der Waals surface area (Å²) in [7, 11) is 0. The zero-order valence-corrected chi connectivity index (χ0v) is 6.53. The van der Waals surface area contributed by atoms with Gasteiger partial charge in [-0.3, -0.25) is 0 Å². The van der Waals surface area contributed by atoms with Crippen LogP contribution in [0.15, 0.2) is 22.6 Å². The number of hydrogen-bond donors (Lipinski definition) is 0. The highest BCUT2D eigenvalue weighted by Gasteiger charge is 2.03. The largest absolute Gasteiger partial charge is 0.428 e. The summed E-state index contributed by atoms with van der Waals surface area (Å²) in [6.45, 7) is 1.97. The molecule has 0 amide bonds. The van der Waals surface area contributed by atoms with Crippen molar-refractivity contribution in [1.29, 1.82) is 5.26 Å². The summed E-state index contributed by atoms with van der Waals surface area (Å²) in [5, 5.41) is 8.50. The molecule has 0 N–H and O–H groups in total. The Balaban J connectivity index is 2.77. The molecule has 0 aliphatic rings. The first kappa shape index (κ1) is 6.86. The van der Waals surface area contributed by atoms with Gasteiger partial charge < -0.3 is 4.42 Å². The van der Waals surface area contributed by atoms with Crippen LogP contribution in [0.25, 0.3) is 11.1 Å². The highest BCUT2D eigenvalue weighted by atomic mass is 16.3. The molecule has 58 valence electrons. The van der Waals surface area contributed by atoms with E-state index in [1.54, 1.807) is 0 Å². The second-order valence-electron chi connectivity index (χ2n) is 2.60. The van der Waals surface area contributed by atoms with Gasteiger partial charge in [0.05, 0.1) is 0 Å². The lowest BCUT2D eigenvalue weighted by atomic mass is 10.2. The number of oxazole rings is 1. The maximum Gasteiger partial charge on any atom is 0.301 e. The highest BCUT2D eigenvalue weighted by molar-refractivity contribution is 5.73. The van der Waals surface area contributed by atoms with Crippen LogP contribution in [0.1, 0.15) is 11.5 Å². The summed E-state index contributed by atoms with van der Waals surface area (Å²) < 4.78 is 5.13. The van der Waals surface area contributed by atoms with Gasteiger partial charge in [-0.15, -0.1) is 0 Å². The Bertz CT molecular complexity index is 465. The molecule has 2 rings (SSSR count). The van der Waals surface area contributed by atoms with E-state index in [9.17, 15) is 0 Å². The lowest BCUT2D eigenvalue weighted by molar-refractivity contribution is 0.584. The Hall–Kier alpha value is -1.82. The molecular formula is C9H6N2O.